The highest BCUT2D eigenvalue weighted by Gasteiger charge is 2.19. The summed E-state index contributed by atoms with van der Waals surface area (Å²) in [6, 6.07) is 0.520. The maximum Gasteiger partial charge on any atom is 0.0929 e. The fourth-order valence-electron chi connectivity index (χ4n) is 1.58. The van der Waals surface area contributed by atoms with Crippen molar-refractivity contribution >= 4 is 11.3 Å². The van der Waals surface area contributed by atoms with Crippen LogP contribution < -0.4 is 5.32 Å². The molecule has 0 saturated carbocycles. The van der Waals surface area contributed by atoms with Crippen molar-refractivity contribution in [1.82, 2.24) is 10.3 Å². The first-order valence-electron chi connectivity index (χ1n) is 4.53. The van der Waals surface area contributed by atoms with Gasteiger partial charge in [-0.05, 0) is 13.3 Å². The molecule has 2 rings (SSSR count). The summed E-state index contributed by atoms with van der Waals surface area (Å²) in [5, 5.41) is 4.73. The second-order valence-corrected chi connectivity index (χ2v) is 4.31. The Labute approximate surface area is 77.0 Å². The normalized spacial score (nSPS) is 22.3. The SMILES string of the molecule is CCc1nc2c(s1)[C@@H](C)NCC2. The van der Waals surface area contributed by atoms with Crippen LogP contribution in [0.25, 0.3) is 0 Å². The molecule has 1 aliphatic heterocycles. The van der Waals surface area contributed by atoms with Crippen LogP contribution in [0.3, 0.4) is 0 Å². The van der Waals surface area contributed by atoms with Gasteiger partial charge in [0, 0.05) is 23.9 Å². The summed E-state index contributed by atoms with van der Waals surface area (Å²) in [4.78, 5) is 6.05. The van der Waals surface area contributed by atoms with E-state index in [1.54, 1.807) is 0 Å². The lowest BCUT2D eigenvalue weighted by molar-refractivity contribution is 0.544. The van der Waals surface area contributed by atoms with E-state index >= 15 is 0 Å². The second-order valence-electron chi connectivity index (χ2n) is 3.20. The van der Waals surface area contributed by atoms with Crippen LogP contribution in [-0.4, -0.2) is 11.5 Å². The summed E-state index contributed by atoms with van der Waals surface area (Å²) >= 11 is 1.87. The van der Waals surface area contributed by atoms with E-state index in [2.05, 4.69) is 24.1 Å². The van der Waals surface area contributed by atoms with Crippen LogP contribution in [0.2, 0.25) is 0 Å². The summed E-state index contributed by atoms with van der Waals surface area (Å²) in [6.07, 6.45) is 2.18. The molecule has 0 fully saturated rings. The monoisotopic (exact) mass is 182 g/mol. The molecular formula is C9H14N2S. The third kappa shape index (κ3) is 1.27. The van der Waals surface area contributed by atoms with Crippen molar-refractivity contribution in [1.29, 1.82) is 0 Å². The Bertz CT molecular complexity index is 280. The Kier molecular flexibility index (Phi) is 2.15. The fraction of sp³-hybridized carbons (Fsp3) is 0.667. The molecule has 66 valence electrons. The number of hydrogen-bond acceptors (Lipinski definition) is 3. The van der Waals surface area contributed by atoms with Crippen molar-refractivity contribution in [2.45, 2.75) is 32.7 Å². The van der Waals surface area contributed by atoms with Crippen LogP contribution in [0.4, 0.5) is 0 Å². The molecule has 1 atom stereocenters. The third-order valence-electron chi connectivity index (χ3n) is 2.28. The minimum Gasteiger partial charge on any atom is -0.309 e. The molecule has 2 heterocycles. The topological polar surface area (TPSA) is 24.9 Å². The lowest BCUT2D eigenvalue weighted by atomic mass is 10.1. The van der Waals surface area contributed by atoms with Gasteiger partial charge in [-0.2, -0.15) is 0 Å². The second kappa shape index (κ2) is 3.15. The number of aromatic nitrogens is 1. The van der Waals surface area contributed by atoms with Gasteiger partial charge in [-0.25, -0.2) is 4.98 Å². The fourth-order valence-corrected chi connectivity index (χ4v) is 2.66. The first-order valence-corrected chi connectivity index (χ1v) is 5.34. The predicted octanol–water partition coefficient (Wildman–Crippen LogP) is 1.91. The molecule has 0 aliphatic carbocycles. The molecule has 2 nitrogen and oxygen atoms in total. The molecule has 1 aliphatic rings. The summed E-state index contributed by atoms with van der Waals surface area (Å²) in [6.45, 7) is 5.47. The Morgan fingerprint density at radius 2 is 2.50 bits per heavy atom. The number of nitrogens with zero attached hydrogens (tertiary/aromatic N) is 1. The molecule has 0 saturated heterocycles. The smallest absolute Gasteiger partial charge is 0.0929 e. The van der Waals surface area contributed by atoms with Gasteiger partial charge in [-0.15, -0.1) is 11.3 Å². The third-order valence-corrected chi connectivity index (χ3v) is 3.70. The number of aryl methyl sites for hydroxylation is 1. The van der Waals surface area contributed by atoms with Gasteiger partial charge in [0.05, 0.1) is 10.7 Å². The van der Waals surface area contributed by atoms with Crippen LogP contribution in [-0.2, 0) is 12.8 Å². The zero-order chi connectivity index (χ0) is 8.55. The molecule has 0 bridgehead atoms. The number of fused-ring (bicyclic) bond motifs is 1. The van der Waals surface area contributed by atoms with Gasteiger partial charge in [0.1, 0.15) is 0 Å². The molecule has 0 spiro atoms. The van der Waals surface area contributed by atoms with E-state index < -0.39 is 0 Å². The highest BCUT2D eigenvalue weighted by molar-refractivity contribution is 7.11. The maximum atomic E-state index is 4.60. The summed E-state index contributed by atoms with van der Waals surface area (Å²) in [7, 11) is 0. The van der Waals surface area contributed by atoms with Crippen LogP contribution >= 0.6 is 11.3 Å². The Hall–Kier alpha value is -0.410. The highest BCUT2D eigenvalue weighted by atomic mass is 32.1. The zero-order valence-corrected chi connectivity index (χ0v) is 8.37. The quantitative estimate of drug-likeness (QED) is 0.717. The van der Waals surface area contributed by atoms with Crippen molar-refractivity contribution in [3.63, 3.8) is 0 Å². The lowest BCUT2D eigenvalue weighted by Crippen LogP contribution is -2.26. The van der Waals surface area contributed by atoms with Gasteiger partial charge in [0.2, 0.25) is 0 Å². The molecule has 0 aromatic carbocycles. The van der Waals surface area contributed by atoms with E-state index in [1.807, 2.05) is 11.3 Å². The molecule has 1 N–H and O–H groups in total. The number of thiazole rings is 1. The summed E-state index contributed by atoms with van der Waals surface area (Å²) in [5.41, 5.74) is 1.34. The Morgan fingerprint density at radius 3 is 3.17 bits per heavy atom. The lowest BCUT2D eigenvalue weighted by Gasteiger charge is -2.18. The highest BCUT2D eigenvalue weighted by Crippen LogP contribution is 2.28. The average molecular weight is 182 g/mol. The van der Waals surface area contributed by atoms with E-state index in [-0.39, 0.29) is 0 Å². The van der Waals surface area contributed by atoms with E-state index in [9.17, 15) is 0 Å². The largest absolute Gasteiger partial charge is 0.309 e. The van der Waals surface area contributed by atoms with Crippen molar-refractivity contribution in [3.05, 3.63) is 15.6 Å². The first kappa shape index (κ1) is 8.20. The number of rotatable bonds is 1. The number of nitrogens with one attached hydrogen (secondary N) is 1. The van der Waals surface area contributed by atoms with Gasteiger partial charge in [0.15, 0.2) is 0 Å². The summed E-state index contributed by atoms with van der Waals surface area (Å²) in [5.74, 6) is 0. The molecule has 0 radical (unpaired) electrons. The van der Waals surface area contributed by atoms with Crippen molar-refractivity contribution < 1.29 is 0 Å². The minimum absolute atomic E-state index is 0.520. The standard InChI is InChI=1S/C9H14N2S/c1-3-8-11-7-4-5-10-6(2)9(7)12-8/h6,10H,3-5H2,1-2H3/t6-/m1/s1. The van der Waals surface area contributed by atoms with Crippen molar-refractivity contribution in [2.75, 3.05) is 6.54 Å². The first-order chi connectivity index (χ1) is 5.81. The van der Waals surface area contributed by atoms with Crippen LogP contribution in [0.1, 0.15) is 35.5 Å². The van der Waals surface area contributed by atoms with E-state index in [4.69, 9.17) is 0 Å². The van der Waals surface area contributed by atoms with E-state index in [1.165, 1.54) is 15.6 Å². The van der Waals surface area contributed by atoms with E-state index in [0.29, 0.717) is 6.04 Å². The van der Waals surface area contributed by atoms with Crippen LogP contribution in [0.15, 0.2) is 0 Å². The van der Waals surface area contributed by atoms with Gasteiger partial charge in [-0.3, -0.25) is 0 Å². The van der Waals surface area contributed by atoms with E-state index in [0.717, 1.165) is 19.4 Å². The average Bonchev–Trinajstić information content (AvgIpc) is 2.49. The zero-order valence-electron chi connectivity index (χ0n) is 7.55. The predicted molar refractivity (Wildman–Crippen MR) is 51.6 cm³/mol. The van der Waals surface area contributed by atoms with Gasteiger partial charge in [0.25, 0.3) is 0 Å². The maximum absolute atomic E-state index is 4.60. The van der Waals surface area contributed by atoms with Gasteiger partial charge < -0.3 is 5.32 Å². The molecular weight excluding hydrogens is 168 g/mol. The Morgan fingerprint density at radius 1 is 1.67 bits per heavy atom. The molecule has 0 amide bonds. The molecule has 1 aromatic heterocycles. The van der Waals surface area contributed by atoms with Crippen molar-refractivity contribution in [2.24, 2.45) is 0 Å². The Balaban J connectivity index is 2.37. The van der Waals surface area contributed by atoms with Gasteiger partial charge >= 0.3 is 0 Å². The van der Waals surface area contributed by atoms with Crippen LogP contribution in [0, 0.1) is 0 Å². The van der Waals surface area contributed by atoms with Gasteiger partial charge in [-0.1, -0.05) is 6.92 Å². The van der Waals surface area contributed by atoms with Crippen LogP contribution in [0.5, 0.6) is 0 Å². The molecule has 12 heavy (non-hydrogen) atoms. The molecule has 3 heteroatoms. The summed E-state index contributed by atoms with van der Waals surface area (Å²) < 4.78 is 0. The van der Waals surface area contributed by atoms with Crippen molar-refractivity contribution in [3.8, 4) is 0 Å². The molecule has 1 aromatic rings. The minimum atomic E-state index is 0.520. The number of hydrogen-bond donors (Lipinski definition) is 1. The molecule has 0 unspecified atom stereocenters.